The molecule has 0 N–H and O–H groups in total. The monoisotopic (exact) mass is 575 g/mol. The number of aromatic nitrogens is 1. The van der Waals surface area contributed by atoms with E-state index in [2.05, 4.69) is 46.3 Å². The molecule has 6 rings (SSSR count). The quantitative estimate of drug-likeness (QED) is 0.292. The highest BCUT2D eigenvalue weighted by Crippen LogP contribution is 2.34. The van der Waals surface area contributed by atoms with Crippen molar-refractivity contribution < 1.29 is 17.6 Å². The van der Waals surface area contributed by atoms with E-state index < -0.39 is 15.8 Å². The molecule has 0 saturated carbocycles. The maximum Gasteiger partial charge on any atom is 0.439 e. The number of anilines is 1. The van der Waals surface area contributed by atoms with Crippen molar-refractivity contribution >= 4 is 26.6 Å². The summed E-state index contributed by atoms with van der Waals surface area (Å²) in [6.07, 6.45) is 6.30. The minimum absolute atomic E-state index is 0.299. The first-order valence-electron chi connectivity index (χ1n) is 14.2. The molecular formula is C32H37N3O5S. The zero-order chi connectivity index (χ0) is 28.8. The molecule has 1 saturated heterocycles. The van der Waals surface area contributed by atoms with Gasteiger partial charge in [-0.1, -0.05) is 55.8 Å². The molecule has 0 bridgehead atoms. The lowest BCUT2D eigenvalue weighted by Gasteiger charge is -2.42. The zero-order valence-corrected chi connectivity index (χ0v) is 24.5. The van der Waals surface area contributed by atoms with Gasteiger partial charge in [0, 0.05) is 35.8 Å². The van der Waals surface area contributed by atoms with Gasteiger partial charge in [-0.3, -0.25) is 0 Å². The third kappa shape index (κ3) is 6.69. The Morgan fingerprint density at radius 3 is 2.49 bits per heavy atom. The molecule has 0 radical (unpaired) electrons. The first-order chi connectivity index (χ1) is 19.9. The van der Waals surface area contributed by atoms with Gasteiger partial charge in [-0.2, -0.15) is 9.29 Å². The predicted octanol–water partition coefficient (Wildman–Crippen LogP) is 5.67. The summed E-state index contributed by atoms with van der Waals surface area (Å²) in [6, 6.07) is 21.4. The third-order valence-corrected chi connectivity index (χ3v) is 9.69. The second kappa shape index (κ2) is 13.0. The maximum absolute atomic E-state index is 13.1. The molecule has 3 heterocycles. The largest absolute Gasteiger partial charge is 0.439 e. The van der Waals surface area contributed by atoms with E-state index in [-0.39, 0.29) is 0 Å². The number of aryl methyl sites for hydroxylation is 2. The van der Waals surface area contributed by atoms with Crippen molar-refractivity contribution in [2.24, 2.45) is 0 Å². The topological polar surface area (TPSA) is 93.0 Å². The number of nitrogens with zero attached hydrogens (tertiary/aromatic N) is 3. The normalized spacial score (nSPS) is 16.2. The molecule has 0 aliphatic carbocycles. The Bertz CT molecular complexity index is 1630. The number of hydrogen-bond donors (Lipinski definition) is 0. The van der Waals surface area contributed by atoms with Gasteiger partial charge in [0.2, 0.25) is 10.0 Å². The van der Waals surface area contributed by atoms with Crippen LogP contribution >= 0.6 is 0 Å². The fraction of sp³-hybridized carbons (Fsp3) is 0.375. The number of hydrogen-bond acceptors (Lipinski definition) is 7. The Labute approximate surface area is 241 Å². The van der Waals surface area contributed by atoms with Gasteiger partial charge in [0.1, 0.15) is 13.0 Å². The van der Waals surface area contributed by atoms with E-state index >= 15 is 0 Å². The first-order valence-corrected chi connectivity index (χ1v) is 15.7. The lowest BCUT2D eigenvalue weighted by Crippen LogP contribution is -2.48. The van der Waals surface area contributed by atoms with E-state index in [1.54, 1.807) is 22.5 Å². The Morgan fingerprint density at radius 2 is 1.73 bits per heavy atom. The number of ether oxygens (including phenoxy) is 1. The first kappa shape index (κ1) is 29.0. The predicted molar refractivity (Wildman–Crippen MR) is 160 cm³/mol. The van der Waals surface area contributed by atoms with Gasteiger partial charge in [0.25, 0.3) is 0 Å². The van der Waals surface area contributed by atoms with E-state index in [0.29, 0.717) is 42.9 Å². The van der Waals surface area contributed by atoms with Crippen molar-refractivity contribution in [1.82, 2.24) is 9.29 Å². The van der Waals surface area contributed by atoms with Crippen LogP contribution < -0.4 is 10.7 Å². The third-order valence-electron chi connectivity index (χ3n) is 7.78. The van der Waals surface area contributed by atoms with E-state index in [0.717, 1.165) is 37.5 Å². The summed E-state index contributed by atoms with van der Waals surface area (Å²) in [5.74, 6) is -0.552. The summed E-state index contributed by atoms with van der Waals surface area (Å²) in [7, 11) is -3.44. The molecule has 2 aliphatic heterocycles. The molecule has 0 spiro atoms. The molecule has 0 atom stereocenters. The van der Waals surface area contributed by atoms with Crippen LogP contribution in [0.3, 0.4) is 0 Å². The Morgan fingerprint density at radius 1 is 0.976 bits per heavy atom. The van der Waals surface area contributed by atoms with Gasteiger partial charge in [-0.15, -0.1) is 0 Å². The average Bonchev–Trinajstić information content (AvgIpc) is 3.00. The number of benzene rings is 3. The molecule has 1 aromatic heterocycles. The van der Waals surface area contributed by atoms with Crippen LogP contribution in [0.1, 0.15) is 49.3 Å². The van der Waals surface area contributed by atoms with Crippen molar-refractivity contribution in [2.45, 2.75) is 63.5 Å². The molecule has 2 aliphatic rings. The smallest absolute Gasteiger partial charge is 0.416 e. The second-order valence-electron chi connectivity index (χ2n) is 10.6. The van der Waals surface area contributed by atoms with Gasteiger partial charge in [-0.05, 0) is 68.0 Å². The van der Waals surface area contributed by atoms with E-state index in [1.807, 2.05) is 30.3 Å². The number of para-hydroxylation sites is 2. The highest BCUT2D eigenvalue weighted by Gasteiger charge is 2.33. The molecule has 41 heavy (non-hydrogen) atoms. The Kier molecular flexibility index (Phi) is 9.17. The summed E-state index contributed by atoms with van der Waals surface area (Å²) < 4.78 is 38.3. The molecule has 1 fully saturated rings. The minimum atomic E-state index is -3.44. The summed E-state index contributed by atoms with van der Waals surface area (Å²) in [5, 5.41) is 0.840. The van der Waals surface area contributed by atoms with Crippen LogP contribution in [0.25, 0.3) is 10.9 Å². The van der Waals surface area contributed by atoms with Crippen LogP contribution in [0.5, 0.6) is 0 Å². The number of fused-ring (bicyclic) bond motifs is 2. The van der Waals surface area contributed by atoms with Crippen molar-refractivity contribution in [2.75, 3.05) is 24.7 Å². The van der Waals surface area contributed by atoms with Crippen LogP contribution in [-0.2, 0) is 27.8 Å². The standard InChI is InChI=1S/C24H32N2O3S.C8H5NO2/c1-3-4-7-20-9-11-23(12-10-20)30(27,28)25-15-13-22(14-16-25)26-18-29-17-21-8-5-6-19(2)24(21)26;10-8-9-7-4-2-1-3-6(7)5-11-8/h5-6,8-12,22H,3-4,7,13-18H2,1-2H3;1-5H. The van der Waals surface area contributed by atoms with Crippen molar-refractivity contribution in [1.29, 1.82) is 0 Å². The van der Waals surface area contributed by atoms with Crippen LogP contribution in [-0.4, -0.2) is 43.6 Å². The molecule has 0 unspecified atom stereocenters. The van der Waals surface area contributed by atoms with E-state index in [9.17, 15) is 13.2 Å². The van der Waals surface area contributed by atoms with Crippen molar-refractivity contribution in [3.05, 3.63) is 100 Å². The minimum Gasteiger partial charge on any atom is -0.416 e. The Balaban J connectivity index is 0.000000255. The molecular weight excluding hydrogens is 538 g/mol. The second-order valence-corrected chi connectivity index (χ2v) is 12.5. The van der Waals surface area contributed by atoms with E-state index in [4.69, 9.17) is 4.74 Å². The zero-order valence-electron chi connectivity index (χ0n) is 23.7. The molecule has 0 amide bonds. The fourth-order valence-electron chi connectivity index (χ4n) is 5.53. The van der Waals surface area contributed by atoms with Gasteiger partial charge in [0.05, 0.1) is 17.0 Å². The maximum atomic E-state index is 13.1. The molecule has 9 heteroatoms. The molecule has 4 aromatic rings. The van der Waals surface area contributed by atoms with Gasteiger partial charge in [-0.25, -0.2) is 13.2 Å². The van der Waals surface area contributed by atoms with E-state index in [1.165, 1.54) is 28.6 Å². The fourth-order valence-corrected chi connectivity index (χ4v) is 7.00. The Hall–Kier alpha value is -3.53. The SMILES string of the molecule is CCCCc1ccc(S(=O)(=O)N2CCC(N3COCc4cccc(C)c43)CC2)cc1.O=c1nc2ccccc2co1. The van der Waals surface area contributed by atoms with Gasteiger partial charge < -0.3 is 14.1 Å². The summed E-state index contributed by atoms with van der Waals surface area (Å²) in [5.41, 5.74) is 5.62. The summed E-state index contributed by atoms with van der Waals surface area (Å²) in [4.78, 5) is 17.0. The number of piperidine rings is 1. The molecule has 3 aromatic carbocycles. The molecule has 8 nitrogen and oxygen atoms in total. The van der Waals surface area contributed by atoms with Crippen LogP contribution in [0.2, 0.25) is 0 Å². The molecule has 216 valence electrons. The highest BCUT2D eigenvalue weighted by atomic mass is 32.2. The average molecular weight is 576 g/mol. The number of rotatable bonds is 6. The van der Waals surface area contributed by atoms with Crippen LogP contribution in [0.4, 0.5) is 5.69 Å². The number of sulfonamides is 1. The lowest BCUT2D eigenvalue weighted by molar-refractivity contribution is 0.0986. The van der Waals surface area contributed by atoms with Gasteiger partial charge >= 0.3 is 5.76 Å². The van der Waals surface area contributed by atoms with Crippen LogP contribution in [0.15, 0.2) is 87.1 Å². The van der Waals surface area contributed by atoms with Crippen molar-refractivity contribution in [3.63, 3.8) is 0 Å². The summed E-state index contributed by atoms with van der Waals surface area (Å²) >= 11 is 0. The van der Waals surface area contributed by atoms with Crippen LogP contribution in [0, 0.1) is 6.92 Å². The summed E-state index contributed by atoms with van der Waals surface area (Å²) in [6.45, 7) is 6.62. The van der Waals surface area contributed by atoms with Crippen molar-refractivity contribution in [3.8, 4) is 0 Å². The van der Waals surface area contributed by atoms with Gasteiger partial charge in [0.15, 0.2) is 0 Å². The number of unbranched alkanes of at least 4 members (excludes halogenated alkanes) is 1. The lowest BCUT2D eigenvalue weighted by atomic mass is 10.00. The highest BCUT2D eigenvalue weighted by molar-refractivity contribution is 7.89.